The molecule has 4 rings (SSSR count). The summed E-state index contributed by atoms with van der Waals surface area (Å²) in [6, 6.07) is 6.00. The molecule has 0 spiro atoms. The molecule has 0 saturated carbocycles. The van der Waals surface area contributed by atoms with E-state index in [9.17, 15) is 9.59 Å². The third-order valence-corrected chi connectivity index (χ3v) is 5.32. The topological polar surface area (TPSA) is 74.2 Å². The summed E-state index contributed by atoms with van der Waals surface area (Å²) in [5, 5.41) is 7.13. The van der Waals surface area contributed by atoms with E-state index in [2.05, 4.69) is 10.2 Å². The fourth-order valence-electron chi connectivity index (χ4n) is 3.93. The van der Waals surface area contributed by atoms with Crippen LogP contribution in [0.3, 0.4) is 0 Å². The van der Waals surface area contributed by atoms with Gasteiger partial charge in [-0.2, -0.15) is 5.10 Å². The number of nitrogens with one attached hydrogen (secondary N) is 1. The van der Waals surface area contributed by atoms with Gasteiger partial charge in [-0.1, -0.05) is 0 Å². The van der Waals surface area contributed by atoms with Crippen molar-refractivity contribution in [2.24, 2.45) is 13.0 Å². The summed E-state index contributed by atoms with van der Waals surface area (Å²) in [7, 11) is 3.81. The van der Waals surface area contributed by atoms with Crippen LogP contribution in [0.25, 0.3) is 11.4 Å². The normalized spacial score (nSPS) is 23.7. The van der Waals surface area contributed by atoms with Gasteiger partial charge in [-0.05, 0) is 24.6 Å². The lowest BCUT2D eigenvalue weighted by molar-refractivity contribution is -0.127. The van der Waals surface area contributed by atoms with Crippen molar-refractivity contribution in [2.75, 3.05) is 20.1 Å². The molecule has 2 aliphatic heterocycles. The second-order valence-electron chi connectivity index (χ2n) is 6.75. The SMILES string of the molecule is CN1C(=O)C[C@@H]2CN(C(=O)c3cc(-c4cccn4C)n[nH]3)CC[C@@H]21. The highest BCUT2D eigenvalue weighted by molar-refractivity contribution is 5.93. The number of aromatic nitrogens is 3. The van der Waals surface area contributed by atoms with E-state index in [1.807, 2.05) is 46.8 Å². The number of fused-ring (bicyclic) bond motifs is 1. The Morgan fingerprint density at radius 1 is 1.38 bits per heavy atom. The Bertz CT molecular complexity index is 793. The molecule has 7 nitrogen and oxygen atoms in total. The number of nitrogens with zero attached hydrogens (tertiary/aromatic N) is 4. The highest BCUT2D eigenvalue weighted by Gasteiger charge is 2.42. The second-order valence-corrected chi connectivity index (χ2v) is 6.75. The van der Waals surface area contributed by atoms with E-state index < -0.39 is 0 Å². The number of likely N-dealkylation sites (tertiary alicyclic amines) is 2. The van der Waals surface area contributed by atoms with Crippen LogP contribution in [0.1, 0.15) is 23.3 Å². The lowest BCUT2D eigenvalue weighted by Gasteiger charge is -2.36. The van der Waals surface area contributed by atoms with Gasteiger partial charge in [0, 0.05) is 51.8 Å². The first-order chi connectivity index (χ1) is 11.5. The van der Waals surface area contributed by atoms with Crippen LogP contribution in [-0.2, 0) is 11.8 Å². The van der Waals surface area contributed by atoms with Gasteiger partial charge in [0.1, 0.15) is 11.4 Å². The summed E-state index contributed by atoms with van der Waals surface area (Å²) in [5.41, 5.74) is 2.23. The lowest BCUT2D eigenvalue weighted by atomic mass is 9.92. The molecule has 2 fully saturated rings. The molecule has 24 heavy (non-hydrogen) atoms. The fraction of sp³-hybridized carbons (Fsp3) is 0.471. The van der Waals surface area contributed by atoms with Crippen LogP contribution < -0.4 is 0 Å². The maximum Gasteiger partial charge on any atom is 0.271 e. The quantitative estimate of drug-likeness (QED) is 0.898. The summed E-state index contributed by atoms with van der Waals surface area (Å²) in [6.45, 7) is 1.31. The van der Waals surface area contributed by atoms with Crippen molar-refractivity contribution in [3.05, 3.63) is 30.1 Å². The van der Waals surface area contributed by atoms with E-state index in [0.717, 1.165) is 17.8 Å². The van der Waals surface area contributed by atoms with Crippen molar-refractivity contribution >= 4 is 11.8 Å². The van der Waals surface area contributed by atoms with E-state index >= 15 is 0 Å². The van der Waals surface area contributed by atoms with Gasteiger partial charge < -0.3 is 14.4 Å². The first-order valence-corrected chi connectivity index (χ1v) is 8.26. The number of hydrogen-bond acceptors (Lipinski definition) is 3. The number of hydrogen-bond donors (Lipinski definition) is 1. The van der Waals surface area contributed by atoms with Crippen LogP contribution in [0, 0.1) is 5.92 Å². The van der Waals surface area contributed by atoms with E-state index in [1.165, 1.54) is 0 Å². The van der Waals surface area contributed by atoms with Crippen LogP contribution in [0.4, 0.5) is 0 Å². The van der Waals surface area contributed by atoms with Gasteiger partial charge in [0.25, 0.3) is 5.91 Å². The number of amides is 2. The molecule has 2 atom stereocenters. The van der Waals surface area contributed by atoms with Crippen molar-refractivity contribution in [1.82, 2.24) is 24.6 Å². The summed E-state index contributed by atoms with van der Waals surface area (Å²) in [5.74, 6) is 0.394. The summed E-state index contributed by atoms with van der Waals surface area (Å²) in [4.78, 5) is 28.3. The molecule has 2 saturated heterocycles. The van der Waals surface area contributed by atoms with E-state index in [1.54, 1.807) is 6.07 Å². The Balaban J connectivity index is 1.50. The summed E-state index contributed by atoms with van der Waals surface area (Å²) < 4.78 is 1.97. The van der Waals surface area contributed by atoms with Crippen LogP contribution >= 0.6 is 0 Å². The predicted molar refractivity (Wildman–Crippen MR) is 88.2 cm³/mol. The molecule has 0 bridgehead atoms. The minimum absolute atomic E-state index is 0.0385. The zero-order valence-corrected chi connectivity index (χ0v) is 13.9. The Morgan fingerprint density at radius 3 is 2.96 bits per heavy atom. The zero-order valence-electron chi connectivity index (χ0n) is 13.9. The van der Waals surface area contributed by atoms with Gasteiger partial charge in [0.15, 0.2) is 0 Å². The summed E-state index contributed by atoms with van der Waals surface area (Å²) in [6.07, 6.45) is 3.34. The van der Waals surface area contributed by atoms with Crippen molar-refractivity contribution in [3.63, 3.8) is 0 Å². The average Bonchev–Trinajstić information content (AvgIpc) is 3.27. The molecule has 1 N–H and O–H groups in total. The monoisotopic (exact) mass is 327 g/mol. The van der Waals surface area contributed by atoms with E-state index in [4.69, 9.17) is 0 Å². The standard InChI is InChI=1S/C17H21N5O2/c1-20-6-3-4-15(20)12-9-13(19-18-12)17(24)22-7-5-14-11(10-22)8-16(23)21(14)2/h3-4,6,9,11,14H,5,7-8,10H2,1-2H3,(H,18,19)/t11-,14+/m1/s1. The number of aryl methyl sites for hydroxylation is 1. The molecular weight excluding hydrogens is 306 g/mol. The third kappa shape index (κ3) is 2.31. The van der Waals surface area contributed by atoms with Crippen LogP contribution in [0.2, 0.25) is 0 Å². The maximum atomic E-state index is 12.8. The molecule has 7 heteroatoms. The largest absolute Gasteiger partial charge is 0.349 e. The highest BCUT2D eigenvalue weighted by atomic mass is 16.2. The van der Waals surface area contributed by atoms with Crippen LogP contribution in [0.5, 0.6) is 0 Å². The Kier molecular flexibility index (Phi) is 3.44. The first kappa shape index (κ1) is 15.0. The molecule has 126 valence electrons. The molecule has 2 aliphatic rings. The minimum Gasteiger partial charge on any atom is -0.349 e. The zero-order chi connectivity index (χ0) is 16.8. The molecule has 4 heterocycles. The number of H-pyrrole nitrogens is 1. The third-order valence-electron chi connectivity index (χ3n) is 5.32. The lowest BCUT2D eigenvalue weighted by Crippen LogP contribution is -2.47. The average molecular weight is 327 g/mol. The molecule has 0 aromatic carbocycles. The second kappa shape index (κ2) is 5.51. The number of aromatic amines is 1. The molecule has 0 aliphatic carbocycles. The number of rotatable bonds is 2. The summed E-state index contributed by atoms with van der Waals surface area (Å²) >= 11 is 0. The van der Waals surface area contributed by atoms with Gasteiger partial charge in [-0.25, -0.2) is 0 Å². The highest BCUT2D eigenvalue weighted by Crippen LogP contribution is 2.31. The van der Waals surface area contributed by atoms with Crippen LogP contribution in [-0.4, -0.2) is 62.6 Å². The van der Waals surface area contributed by atoms with Crippen LogP contribution in [0.15, 0.2) is 24.4 Å². The number of carbonyl (C=O) groups is 2. The van der Waals surface area contributed by atoms with Gasteiger partial charge in [0.05, 0.1) is 5.69 Å². The Labute approximate surface area is 140 Å². The van der Waals surface area contributed by atoms with Crippen molar-refractivity contribution in [1.29, 1.82) is 0 Å². The molecule has 2 aromatic heterocycles. The van der Waals surface area contributed by atoms with E-state index in [0.29, 0.717) is 25.2 Å². The predicted octanol–water partition coefficient (Wildman–Crippen LogP) is 1.11. The molecule has 2 aromatic rings. The Hall–Kier alpha value is -2.57. The smallest absolute Gasteiger partial charge is 0.271 e. The fourth-order valence-corrected chi connectivity index (χ4v) is 3.93. The molecule has 2 amide bonds. The van der Waals surface area contributed by atoms with E-state index in [-0.39, 0.29) is 23.8 Å². The minimum atomic E-state index is -0.0385. The van der Waals surface area contributed by atoms with Gasteiger partial charge in [-0.3, -0.25) is 14.7 Å². The van der Waals surface area contributed by atoms with Crippen molar-refractivity contribution < 1.29 is 9.59 Å². The van der Waals surface area contributed by atoms with Gasteiger partial charge in [0.2, 0.25) is 5.91 Å². The maximum absolute atomic E-state index is 12.8. The Morgan fingerprint density at radius 2 is 2.21 bits per heavy atom. The molecule has 0 unspecified atom stereocenters. The molecular formula is C17H21N5O2. The van der Waals surface area contributed by atoms with Crippen molar-refractivity contribution in [3.8, 4) is 11.4 Å². The number of piperidine rings is 1. The first-order valence-electron chi connectivity index (χ1n) is 8.26. The molecule has 0 radical (unpaired) electrons. The van der Waals surface area contributed by atoms with Crippen molar-refractivity contribution in [2.45, 2.75) is 18.9 Å². The van der Waals surface area contributed by atoms with Gasteiger partial charge >= 0.3 is 0 Å². The number of carbonyl (C=O) groups excluding carboxylic acids is 2. The van der Waals surface area contributed by atoms with Gasteiger partial charge in [-0.15, -0.1) is 0 Å².